The lowest BCUT2D eigenvalue weighted by molar-refractivity contribution is 0.582. The minimum Gasteiger partial charge on any atom is -0.270 e. The van der Waals surface area contributed by atoms with Crippen molar-refractivity contribution in [2.24, 2.45) is 12.9 Å². The monoisotopic (exact) mass is 310 g/mol. The Kier molecular flexibility index (Phi) is 3.47. The molecule has 0 spiro atoms. The molecule has 3 rings (SSSR count). The zero-order valence-corrected chi connectivity index (χ0v) is 12.2. The van der Waals surface area contributed by atoms with E-state index in [1.807, 2.05) is 6.07 Å². The lowest BCUT2D eigenvalue weighted by Gasteiger charge is -2.15. The van der Waals surface area contributed by atoms with E-state index in [-0.39, 0.29) is 11.9 Å². The highest BCUT2D eigenvalue weighted by atomic mass is 35.5. The molecule has 0 radical (unpaired) electrons. The SMILES string of the molecule is Cn1ncc(Cl)c1C(NN)c1cc2cc(F)ccc2s1. The summed E-state index contributed by atoms with van der Waals surface area (Å²) < 4.78 is 15.9. The van der Waals surface area contributed by atoms with Crippen LogP contribution in [0.15, 0.2) is 30.5 Å². The number of nitrogens with two attached hydrogens (primary N) is 1. The van der Waals surface area contributed by atoms with Gasteiger partial charge in [-0.05, 0) is 29.7 Å². The quantitative estimate of drug-likeness (QED) is 0.577. The molecule has 7 heteroatoms. The van der Waals surface area contributed by atoms with Crippen molar-refractivity contribution in [2.75, 3.05) is 0 Å². The highest BCUT2D eigenvalue weighted by molar-refractivity contribution is 7.19. The number of halogens is 2. The van der Waals surface area contributed by atoms with Crippen molar-refractivity contribution in [1.29, 1.82) is 0 Å². The molecule has 1 unspecified atom stereocenters. The fourth-order valence-corrected chi connectivity index (χ4v) is 3.60. The Morgan fingerprint density at radius 1 is 1.45 bits per heavy atom. The lowest BCUT2D eigenvalue weighted by atomic mass is 10.1. The molecular formula is C13H12ClFN4S. The zero-order valence-electron chi connectivity index (χ0n) is 10.6. The van der Waals surface area contributed by atoms with E-state index < -0.39 is 0 Å². The Labute approximate surface area is 123 Å². The predicted octanol–water partition coefficient (Wildman–Crippen LogP) is 2.98. The Morgan fingerprint density at radius 3 is 2.90 bits per heavy atom. The number of nitrogens with one attached hydrogen (secondary N) is 1. The largest absolute Gasteiger partial charge is 0.270 e. The first-order valence-electron chi connectivity index (χ1n) is 5.92. The van der Waals surface area contributed by atoms with Crippen LogP contribution < -0.4 is 11.3 Å². The van der Waals surface area contributed by atoms with Crippen LogP contribution in [0.3, 0.4) is 0 Å². The molecule has 0 saturated carbocycles. The van der Waals surface area contributed by atoms with Crippen molar-refractivity contribution < 1.29 is 4.39 Å². The van der Waals surface area contributed by atoms with Crippen molar-refractivity contribution >= 4 is 33.0 Å². The smallest absolute Gasteiger partial charge is 0.123 e. The first-order chi connectivity index (χ1) is 9.60. The number of nitrogens with zero attached hydrogens (tertiary/aromatic N) is 2. The van der Waals surface area contributed by atoms with Gasteiger partial charge >= 0.3 is 0 Å². The van der Waals surface area contributed by atoms with E-state index in [0.29, 0.717) is 5.02 Å². The van der Waals surface area contributed by atoms with Gasteiger partial charge in [-0.3, -0.25) is 10.5 Å². The molecule has 0 bridgehead atoms. The number of aromatic nitrogens is 2. The summed E-state index contributed by atoms with van der Waals surface area (Å²) in [5, 5.41) is 5.50. The number of hydrazine groups is 1. The summed E-state index contributed by atoms with van der Waals surface area (Å²) in [5.41, 5.74) is 3.53. The molecule has 1 atom stereocenters. The van der Waals surface area contributed by atoms with E-state index in [4.69, 9.17) is 17.4 Å². The van der Waals surface area contributed by atoms with E-state index in [2.05, 4.69) is 10.5 Å². The fraction of sp³-hybridized carbons (Fsp3) is 0.154. The number of hydrogen-bond acceptors (Lipinski definition) is 4. The van der Waals surface area contributed by atoms with Crippen LogP contribution in [0.1, 0.15) is 16.6 Å². The molecule has 0 aliphatic carbocycles. The lowest BCUT2D eigenvalue weighted by Crippen LogP contribution is -2.30. The molecule has 0 aliphatic rings. The van der Waals surface area contributed by atoms with Gasteiger partial charge in [0.1, 0.15) is 5.82 Å². The number of aryl methyl sites for hydroxylation is 1. The summed E-state index contributed by atoms with van der Waals surface area (Å²) in [6.45, 7) is 0. The molecule has 104 valence electrons. The average molecular weight is 311 g/mol. The normalized spacial score (nSPS) is 13.0. The maximum atomic E-state index is 13.3. The molecule has 2 aromatic heterocycles. The van der Waals surface area contributed by atoms with Crippen LogP contribution >= 0.6 is 22.9 Å². The minimum atomic E-state index is -0.282. The summed E-state index contributed by atoms with van der Waals surface area (Å²) >= 11 is 7.70. The second-order valence-electron chi connectivity index (χ2n) is 4.43. The standard InChI is InChI=1S/C13H12ClFN4S/c1-19-13(9(14)6-17-19)12(18-16)11-5-7-4-8(15)2-3-10(7)20-11/h2-6,12,18H,16H2,1H3. The molecule has 20 heavy (non-hydrogen) atoms. The number of thiophene rings is 1. The first kappa shape index (κ1) is 13.5. The molecule has 3 aromatic rings. The summed E-state index contributed by atoms with van der Waals surface area (Å²) in [6.07, 6.45) is 1.58. The van der Waals surface area contributed by atoms with Gasteiger partial charge < -0.3 is 0 Å². The highest BCUT2D eigenvalue weighted by Gasteiger charge is 2.22. The second-order valence-corrected chi connectivity index (χ2v) is 5.95. The van der Waals surface area contributed by atoms with Gasteiger partial charge in [0.25, 0.3) is 0 Å². The third-order valence-electron chi connectivity index (χ3n) is 3.16. The molecule has 3 N–H and O–H groups in total. The van der Waals surface area contributed by atoms with Crippen molar-refractivity contribution in [1.82, 2.24) is 15.2 Å². The zero-order chi connectivity index (χ0) is 14.3. The molecule has 4 nitrogen and oxygen atoms in total. The topological polar surface area (TPSA) is 55.9 Å². The van der Waals surface area contributed by atoms with Gasteiger partial charge in [0.15, 0.2) is 0 Å². The first-order valence-corrected chi connectivity index (χ1v) is 7.12. The third kappa shape index (κ3) is 2.20. The van der Waals surface area contributed by atoms with E-state index in [1.165, 1.54) is 12.1 Å². The van der Waals surface area contributed by atoms with Crippen molar-refractivity contribution in [3.8, 4) is 0 Å². The summed E-state index contributed by atoms with van der Waals surface area (Å²) in [6, 6.07) is 6.35. The number of hydrogen-bond donors (Lipinski definition) is 2. The Bertz CT molecular complexity index is 747. The van der Waals surface area contributed by atoms with Gasteiger partial charge in [-0.1, -0.05) is 11.6 Å². The number of fused-ring (bicyclic) bond motifs is 1. The van der Waals surface area contributed by atoms with E-state index in [9.17, 15) is 4.39 Å². The van der Waals surface area contributed by atoms with Gasteiger partial charge in [0, 0.05) is 16.6 Å². The van der Waals surface area contributed by atoms with Gasteiger partial charge in [-0.2, -0.15) is 5.10 Å². The summed E-state index contributed by atoms with van der Waals surface area (Å²) in [5.74, 6) is 5.42. The minimum absolute atomic E-state index is 0.252. The second kappa shape index (κ2) is 5.14. The van der Waals surface area contributed by atoms with E-state index >= 15 is 0 Å². The number of benzene rings is 1. The van der Waals surface area contributed by atoms with Crippen LogP contribution in [-0.4, -0.2) is 9.78 Å². The Hall–Kier alpha value is -1.47. The fourth-order valence-electron chi connectivity index (χ4n) is 2.22. The van der Waals surface area contributed by atoms with Crippen molar-refractivity contribution in [3.63, 3.8) is 0 Å². The molecular weight excluding hydrogens is 299 g/mol. The van der Waals surface area contributed by atoms with Gasteiger partial charge in [-0.15, -0.1) is 11.3 Å². The molecule has 0 fully saturated rings. The van der Waals surface area contributed by atoms with Gasteiger partial charge in [-0.25, -0.2) is 9.82 Å². The van der Waals surface area contributed by atoms with Crippen LogP contribution in [-0.2, 0) is 7.05 Å². The maximum absolute atomic E-state index is 13.3. The van der Waals surface area contributed by atoms with Crippen LogP contribution in [0.2, 0.25) is 5.02 Å². The van der Waals surface area contributed by atoms with Crippen LogP contribution in [0.5, 0.6) is 0 Å². The molecule has 0 amide bonds. The van der Waals surface area contributed by atoms with Crippen LogP contribution in [0.25, 0.3) is 10.1 Å². The molecule has 0 saturated heterocycles. The maximum Gasteiger partial charge on any atom is 0.123 e. The highest BCUT2D eigenvalue weighted by Crippen LogP contribution is 2.35. The van der Waals surface area contributed by atoms with Crippen molar-refractivity contribution in [3.05, 3.63) is 51.9 Å². The Balaban J connectivity index is 2.12. The van der Waals surface area contributed by atoms with Gasteiger partial charge in [0.05, 0.1) is 23.0 Å². The van der Waals surface area contributed by atoms with Crippen molar-refractivity contribution in [2.45, 2.75) is 6.04 Å². The molecule has 0 aliphatic heterocycles. The third-order valence-corrected chi connectivity index (χ3v) is 4.63. The van der Waals surface area contributed by atoms with Gasteiger partial charge in [0.2, 0.25) is 0 Å². The molecule has 1 aromatic carbocycles. The van der Waals surface area contributed by atoms with Crippen LogP contribution in [0.4, 0.5) is 4.39 Å². The predicted molar refractivity (Wildman–Crippen MR) is 79.2 cm³/mol. The number of rotatable bonds is 3. The Morgan fingerprint density at radius 2 is 2.25 bits per heavy atom. The average Bonchev–Trinajstić information content (AvgIpc) is 2.97. The summed E-state index contributed by atoms with van der Waals surface area (Å²) in [4.78, 5) is 0.957. The molecule has 2 heterocycles. The van der Waals surface area contributed by atoms with E-state index in [0.717, 1.165) is 20.7 Å². The summed E-state index contributed by atoms with van der Waals surface area (Å²) in [7, 11) is 1.80. The van der Waals surface area contributed by atoms with Crippen LogP contribution in [0, 0.1) is 5.82 Å². The van der Waals surface area contributed by atoms with E-state index in [1.54, 1.807) is 35.3 Å².